The zero-order valence-corrected chi connectivity index (χ0v) is 21.1. The van der Waals surface area contributed by atoms with Crippen molar-refractivity contribution in [3.8, 4) is 34.5 Å². The summed E-state index contributed by atoms with van der Waals surface area (Å²) in [6.07, 6.45) is 4.47. The zero-order valence-electron chi connectivity index (χ0n) is 18.7. The van der Waals surface area contributed by atoms with E-state index in [0.29, 0.717) is 35.8 Å². The third-order valence-electron chi connectivity index (χ3n) is 4.53. The SMILES string of the molecule is C=S(=O)(NCCOC)Nc1ncnc(OCCOc2ncc(Br)cn2)c1-c1ccc2c(c1)OCO2. The Kier molecular flexibility index (Phi) is 8.17. The summed E-state index contributed by atoms with van der Waals surface area (Å²) in [5, 5.41) is 0. The summed E-state index contributed by atoms with van der Waals surface area (Å²) in [7, 11) is -1.40. The van der Waals surface area contributed by atoms with E-state index in [1.165, 1.54) is 6.33 Å². The van der Waals surface area contributed by atoms with Gasteiger partial charge in [0.1, 0.15) is 29.4 Å². The highest BCUT2D eigenvalue weighted by molar-refractivity contribution is 9.10. The molecule has 1 unspecified atom stereocenters. The summed E-state index contributed by atoms with van der Waals surface area (Å²) in [6.45, 7) is 1.13. The van der Waals surface area contributed by atoms with Gasteiger partial charge in [0.05, 0.1) is 16.6 Å². The maximum Gasteiger partial charge on any atom is 0.316 e. The highest BCUT2D eigenvalue weighted by Gasteiger charge is 2.21. The van der Waals surface area contributed by atoms with Gasteiger partial charge in [-0.3, -0.25) is 4.72 Å². The summed E-state index contributed by atoms with van der Waals surface area (Å²) in [4.78, 5) is 16.7. The second-order valence-electron chi connectivity index (χ2n) is 7.02. The number of hydrogen-bond donors (Lipinski definition) is 2. The number of aromatic nitrogens is 4. The molecule has 4 rings (SSSR count). The molecule has 0 saturated carbocycles. The number of nitrogens with zero attached hydrogens (tertiary/aromatic N) is 4. The summed E-state index contributed by atoms with van der Waals surface area (Å²) >= 11 is 3.27. The predicted octanol–water partition coefficient (Wildman–Crippen LogP) is 2.08. The molecule has 0 fully saturated rings. The van der Waals surface area contributed by atoms with Gasteiger partial charge >= 0.3 is 6.01 Å². The van der Waals surface area contributed by atoms with Gasteiger partial charge in [-0.2, -0.15) is 0 Å². The Morgan fingerprint density at radius 2 is 1.86 bits per heavy atom. The minimum Gasteiger partial charge on any atom is -0.473 e. The largest absolute Gasteiger partial charge is 0.473 e. The van der Waals surface area contributed by atoms with Gasteiger partial charge in [-0.15, -0.1) is 0 Å². The lowest BCUT2D eigenvalue weighted by Crippen LogP contribution is -2.33. The summed E-state index contributed by atoms with van der Waals surface area (Å²) in [6, 6.07) is 5.57. The number of methoxy groups -OCH3 is 1. The second kappa shape index (κ2) is 11.5. The molecule has 1 atom stereocenters. The minimum absolute atomic E-state index is 0.129. The van der Waals surface area contributed by atoms with E-state index in [4.69, 9.17) is 23.7 Å². The number of hydrogen-bond acceptors (Lipinski definition) is 10. The van der Waals surface area contributed by atoms with Crippen molar-refractivity contribution < 1.29 is 27.9 Å². The Morgan fingerprint density at radius 1 is 1.09 bits per heavy atom. The molecule has 1 aromatic carbocycles. The van der Waals surface area contributed by atoms with Gasteiger partial charge in [-0.05, 0) is 39.5 Å². The number of benzene rings is 1. The van der Waals surface area contributed by atoms with Crippen molar-refractivity contribution in [2.45, 2.75) is 0 Å². The molecule has 186 valence electrons. The molecule has 3 aromatic rings. The zero-order chi connectivity index (χ0) is 24.7. The van der Waals surface area contributed by atoms with Gasteiger partial charge in [-0.25, -0.2) is 28.9 Å². The molecule has 1 aliphatic heterocycles. The molecule has 0 aliphatic carbocycles. The Hall–Kier alpha value is -3.20. The fraction of sp³-hybridized carbons (Fsp3) is 0.286. The highest BCUT2D eigenvalue weighted by Crippen LogP contribution is 2.40. The first-order valence-corrected chi connectivity index (χ1v) is 12.8. The molecular weight excluding hydrogens is 544 g/mol. The van der Waals surface area contributed by atoms with Crippen LogP contribution in [0.25, 0.3) is 11.1 Å². The van der Waals surface area contributed by atoms with Crippen LogP contribution in [0.3, 0.4) is 0 Å². The average Bonchev–Trinajstić information content (AvgIpc) is 3.31. The number of fused-ring (bicyclic) bond motifs is 1. The predicted molar refractivity (Wildman–Crippen MR) is 133 cm³/mol. The topological polar surface area (TPSA) is 139 Å². The number of anilines is 1. The molecule has 2 aromatic heterocycles. The highest BCUT2D eigenvalue weighted by atomic mass is 79.9. The van der Waals surface area contributed by atoms with Crippen molar-refractivity contribution in [2.24, 2.45) is 0 Å². The van der Waals surface area contributed by atoms with E-state index in [1.54, 1.807) is 37.7 Å². The van der Waals surface area contributed by atoms with Crippen LogP contribution in [0.5, 0.6) is 23.4 Å². The van der Waals surface area contributed by atoms with Crippen LogP contribution in [-0.2, 0) is 14.6 Å². The maximum atomic E-state index is 13.0. The third kappa shape index (κ3) is 6.69. The third-order valence-corrected chi connectivity index (χ3v) is 6.13. The van der Waals surface area contributed by atoms with E-state index in [-0.39, 0.29) is 37.7 Å². The van der Waals surface area contributed by atoms with Crippen molar-refractivity contribution in [2.75, 3.05) is 45.0 Å². The van der Waals surface area contributed by atoms with E-state index in [9.17, 15) is 4.21 Å². The van der Waals surface area contributed by atoms with Gasteiger partial charge in [0.15, 0.2) is 17.3 Å². The van der Waals surface area contributed by atoms with Crippen molar-refractivity contribution in [1.82, 2.24) is 24.7 Å². The van der Waals surface area contributed by atoms with Gasteiger partial charge in [0.25, 0.3) is 0 Å². The summed E-state index contributed by atoms with van der Waals surface area (Å²) < 4.78 is 46.7. The van der Waals surface area contributed by atoms with Crippen LogP contribution in [0.15, 0.2) is 41.4 Å². The smallest absolute Gasteiger partial charge is 0.316 e. The van der Waals surface area contributed by atoms with Crippen LogP contribution in [0, 0.1) is 0 Å². The van der Waals surface area contributed by atoms with Crippen molar-refractivity contribution in [3.05, 3.63) is 41.4 Å². The Bertz CT molecular complexity index is 1260. The first kappa shape index (κ1) is 24.9. The van der Waals surface area contributed by atoms with E-state index in [0.717, 1.165) is 4.47 Å². The average molecular weight is 567 g/mol. The number of ether oxygens (including phenoxy) is 5. The molecule has 0 amide bonds. The molecule has 2 N–H and O–H groups in total. The van der Waals surface area contributed by atoms with Crippen LogP contribution < -0.4 is 28.4 Å². The number of halogens is 1. The monoisotopic (exact) mass is 566 g/mol. The van der Waals surface area contributed by atoms with Crippen LogP contribution in [0.2, 0.25) is 0 Å². The van der Waals surface area contributed by atoms with Gasteiger partial charge in [0.2, 0.25) is 12.7 Å². The molecular formula is C21H23BrN6O6S. The first-order chi connectivity index (χ1) is 16.9. The molecule has 0 spiro atoms. The molecule has 1 aliphatic rings. The van der Waals surface area contributed by atoms with Crippen molar-refractivity contribution >= 4 is 37.5 Å². The Labute approximate surface area is 210 Å². The quantitative estimate of drug-likeness (QED) is 0.247. The van der Waals surface area contributed by atoms with Crippen molar-refractivity contribution in [3.63, 3.8) is 0 Å². The van der Waals surface area contributed by atoms with E-state index in [2.05, 4.69) is 51.2 Å². The summed E-state index contributed by atoms with van der Waals surface area (Å²) in [5.41, 5.74) is 1.13. The van der Waals surface area contributed by atoms with Gasteiger partial charge < -0.3 is 23.7 Å². The van der Waals surface area contributed by atoms with Gasteiger partial charge in [-0.1, -0.05) is 6.07 Å². The van der Waals surface area contributed by atoms with E-state index in [1.807, 2.05) is 0 Å². The van der Waals surface area contributed by atoms with Crippen LogP contribution in [0.4, 0.5) is 5.82 Å². The maximum absolute atomic E-state index is 13.0. The second-order valence-corrected chi connectivity index (χ2v) is 9.77. The van der Waals surface area contributed by atoms with Gasteiger partial charge in [0, 0.05) is 26.0 Å². The number of nitrogens with one attached hydrogen (secondary N) is 2. The fourth-order valence-corrected chi connectivity index (χ4v) is 4.17. The van der Waals surface area contributed by atoms with E-state index >= 15 is 0 Å². The summed E-state index contributed by atoms with van der Waals surface area (Å²) in [5.74, 6) is 5.43. The standard InChI is InChI=1S/C21H23BrN6O6S/c1-30-6-5-27-35(2,29)28-19-18(14-3-4-16-17(9-14)34-13-33-16)20(26-12-25-19)31-7-8-32-21-23-10-15(22)11-24-21/h3-4,9-12H,2,5-8,13H2,1H3,(H2,25,26,27,28,29). The lowest BCUT2D eigenvalue weighted by Gasteiger charge is -2.18. The lowest BCUT2D eigenvalue weighted by atomic mass is 10.1. The number of rotatable bonds is 12. The molecule has 0 saturated heterocycles. The lowest BCUT2D eigenvalue weighted by molar-refractivity contribution is 0.174. The Morgan fingerprint density at radius 3 is 2.66 bits per heavy atom. The van der Waals surface area contributed by atoms with Crippen LogP contribution >= 0.6 is 15.9 Å². The normalized spacial score (nSPS) is 13.8. The molecule has 0 bridgehead atoms. The van der Waals surface area contributed by atoms with E-state index < -0.39 is 9.89 Å². The molecule has 14 heteroatoms. The first-order valence-electron chi connectivity index (χ1n) is 10.3. The van der Waals surface area contributed by atoms with Crippen LogP contribution in [-0.4, -0.2) is 70.3 Å². The molecule has 35 heavy (non-hydrogen) atoms. The van der Waals surface area contributed by atoms with Crippen molar-refractivity contribution in [1.29, 1.82) is 0 Å². The Balaban J connectivity index is 1.56. The van der Waals surface area contributed by atoms with Crippen LogP contribution in [0.1, 0.15) is 0 Å². The molecule has 3 heterocycles. The molecule has 12 nitrogen and oxygen atoms in total. The fourth-order valence-electron chi connectivity index (χ4n) is 3.02. The minimum atomic E-state index is -2.96. The molecule has 0 radical (unpaired) electrons.